The van der Waals surface area contributed by atoms with Crippen molar-refractivity contribution < 1.29 is 0 Å². The number of benzene rings is 8. The Labute approximate surface area is 308 Å². The molecule has 250 valence electrons. The highest BCUT2D eigenvalue weighted by molar-refractivity contribution is 6.26. The smallest absolute Gasteiger partial charge is 0.131 e. The minimum absolute atomic E-state index is 1.10. The maximum atomic E-state index is 2.44. The molecule has 0 unspecified atom stereocenters. The fourth-order valence-corrected chi connectivity index (χ4v) is 7.95. The van der Waals surface area contributed by atoms with Crippen molar-refractivity contribution in [3.05, 3.63) is 212 Å². The number of para-hydroxylation sites is 4. The van der Waals surface area contributed by atoms with Gasteiger partial charge < -0.3 is 4.90 Å². The van der Waals surface area contributed by atoms with Gasteiger partial charge in [-0.2, -0.15) is 0 Å². The molecule has 3 heteroatoms. The van der Waals surface area contributed by atoms with E-state index in [1.165, 1.54) is 49.4 Å². The molecule has 0 aliphatic rings. The highest BCUT2D eigenvalue weighted by atomic mass is 15.1. The molecule has 53 heavy (non-hydrogen) atoms. The Balaban J connectivity index is 1.16. The number of hydrogen-bond donors (Lipinski definition) is 0. The molecule has 0 saturated carbocycles. The Kier molecular flexibility index (Phi) is 7.47. The van der Waals surface area contributed by atoms with Crippen LogP contribution in [0.15, 0.2) is 212 Å². The van der Waals surface area contributed by atoms with Crippen molar-refractivity contribution in [2.45, 2.75) is 0 Å². The van der Waals surface area contributed by atoms with E-state index in [1.54, 1.807) is 0 Å². The van der Waals surface area contributed by atoms with Gasteiger partial charge in [0.05, 0.1) is 11.0 Å². The third-order valence-corrected chi connectivity index (χ3v) is 10.3. The quantitative estimate of drug-likeness (QED) is 0.164. The van der Waals surface area contributed by atoms with Gasteiger partial charge in [-0.25, -0.2) is 0 Å². The van der Waals surface area contributed by atoms with Crippen LogP contribution in [-0.4, -0.2) is 9.13 Å². The summed E-state index contributed by atoms with van der Waals surface area (Å²) in [6.45, 7) is 0. The largest absolute Gasteiger partial charge is 0.311 e. The fourth-order valence-electron chi connectivity index (χ4n) is 7.95. The summed E-state index contributed by atoms with van der Waals surface area (Å²) in [6, 6.07) is 76.1. The number of aromatic nitrogens is 2. The van der Waals surface area contributed by atoms with E-state index in [1.807, 2.05) is 0 Å². The second-order valence-electron chi connectivity index (χ2n) is 13.4. The molecule has 0 spiro atoms. The second kappa shape index (κ2) is 12.9. The maximum Gasteiger partial charge on any atom is 0.131 e. The molecular formula is C50H35N3. The third-order valence-electron chi connectivity index (χ3n) is 10.3. The number of rotatable bonds is 7. The molecule has 0 saturated heterocycles. The molecule has 0 aliphatic carbocycles. The highest BCUT2D eigenvalue weighted by Crippen LogP contribution is 2.45. The monoisotopic (exact) mass is 677 g/mol. The predicted octanol–water partition coefficient (Wildman–Crippen LogP) is 13.5. The Bertz CT molecular complexity index is 2840. The van der Waals surface area contributed by atoms with Crippen LogP contribution in [-0.2, 0) is 0 Å². The normalized spacial score (nSPS) is 11.4. The van der Waals surface area contributed by atoms with Crippen molar-refractivity contribution in [2.24, 2.45) is 0 Å². The minimum Gasteiger partial charge on any atom is -0.311 e. The van der Waals surface area contributed by atoms with Gasteiger partial charge >= 0.3 is 0 Å². The summed E-state index contributed by atoms with van der Waals surface area (Å²) in [7, 11) is 0. The van der Waals surface area contributed by atoms with E-state index in [0.717, 1.165) is 34.1 Å². The second-order valence-corrected chi connectivity index (χ2v) is 13.4. The molecule has 0 fully saturated rings. The van der Waals surface area contributed by atoms with Gasteiger partial charge in [-0.05, 0) is 95.1 Å². The number of hydrogen-bond acceptors (Lipinski definition) is 1. The molecule has 0 bridgehead atoms. The molecule has 3 nitrogen and oxygen atoms in total. The van der Waals surface area contributed by atoms with E-state index in [4.69, 9.17) is 0 Å². The first kappa shape index (κ1) is 30.7. The lowest BCUT2D eigenvalue weighted by Gasteiger charge is -2.26. The molecule has 10 aromatic rings. The minimum atomic E-state index is 1.10. The molecule has 8 aromatic carbocycles. The van der Waals surface area contributed by atoms with Crippen molar-refractivity contribution >= 4 is 49.9 Å². The summed E-state index contributed by atoms with van der Waals surface area (Å²) >= 11 is 0. The number of nitrogens with zero attached hydrogens (tertiary/aromatic N) is 3. The van der Waals surface area contributed by atoms with Gasteiger partial charge in [-0.3, -0.25) is 9.13 Å². The van der Waals surface area contributed by atoms with Crippen molar-refractivity contribution in [3.63, 3.8) is 0 Å². The van der Waals surface area contributed by atoms with E-state index in [0.29, 0.717) is 0 Å². The Morgan fingerprint density at radius 3 is 1.38 bits per heavy atom. The van der Waals surface area contributed by atoms with Crippen LogP contribution < -0.4 is 4.90 Å². The molecule has 0 aliphatic heterocycles. The van der Waals surface area contributed by atoms with Crippen LogP contribution in [0.1, 0.15) is 0 Å². The van der Waals surface area contributed by atoms with Crippen LogP contribution in [0.4, 0.5) is 17.1 Å². The molecule has 10 rings (SSSR count). The Morgan fingerprint density at radius 1 is 0.302 bits per heavy atom. The average molecular weight is 678 g/mol. The van der Waals surface area contributed by atoms with Gasteiger partial charge in [0.25, 0.3) is 0 Å². The van der Waals surface area contributed by atoms with Crippen LogP contribution in [0.2, 0.25) is 0 Å². The van der Waals surface area contributed by atoms with Gasteiger partial charge in [0.1, 0.15) is 5.65 Å². The number of anilines is 3. The first-order valence-corrected chi connectivity index (χ1v) is 18.1. The van der Waals surface area contributed by atoms with E-state index in [2.05, 4.69) is 226 Å². The zero-order chi connectivity index (χ0) is 35.1. The Hall–Kier alpha value is -7.10. The predicted molar refractivity (Wildman–Crippen MR) is 223 cm³/mol. The summed E-state index contributed by atoms with van der Waals surface area (Å²) in [5.74, 6) is 0. The van der Waals surface area contributed by atoms with Crippen molar-refractivity contribution in [1.29, 1.82) is 0 Å². The Morgan fingerprint density at radius 2 is 0.755 bits per heavy atom. The highest BCUT2D eigenvalue weighted by Gasteiger charge is 2.24. The topological polar surface area (TPSA) is 13.1 Å². The van der Waals surface area contributed by atoms with Crippen molar-refractivity contribution in [1.82, 2.24) is 9.13 Å². The summed E-state index contributed by atoms with van der Waals surface area (Å²) in [6.07, 6.45) is 0. The molecule has 0 N–H and O–H groups in total. The summed E-state index contributed by atoms with van der Waals surface area (Å²) in [5, 5.41) is 3.75. The SMILES string of the molecule is c1ccc(-c2ccc(N(c3ccccc3)c3ccc(-c4cccc5c4c4c6ccccc6n(-c6ccccc6)c4n5-c4ccccc4)cc3)cc2)cc1. The zero-order valence-corrected chi connectivity index (χ0v) is 29.0. The van der Waals surface area contributed by atoms with Gasteiger partial charge in [0.15, 0.2) is 0 Å². The van der Waals surface area contributed by atoms with Crippen LogP contribution in [0.5, 0.6) is 0 Å². The lowest BCUT2D eigenvalue weighted by molar-refractivity contribution is 1.07. The van der Waals surface area contributed by atoms with Gasteiger partial charge in [0, 0.05) is 44.6 Å². The molecule has 2 aromatic heterocycles. The van der Waals surface area contributed by atoms with Crippen LogP contribution in [0.25, 0.3) is 66.5 Å². The van der Waals surface area contributed by atoms with E-state index < -0.39 is 0 Å². The van der Waals surface area contributed by atoms with Crippen LogP contribution in [0, 0.1) is 0 Å². The lowest BCUT2D eigenvalue weighted by Crippen LogP contribution is -2.09. The zero-order valence-electron chi connectivity index (χ0n) is 29.0. The third kappa shape index (κ3) is 5.21. The first-order chi connectivity index (χ1) is 26.3. The molecule has 2 heterocycles. The fraction of sp³-hybridized carbons (Fsp3) is 0. The van der Waals surface area contributed by atoms with E-state index in [9.17, 15) is 0 Å². The van der Waals surface area contributed by atoms with Crippen molar-refractivity contribution in [3.8, 4) is 33.6 Å². The van der Waals surface area contributed by atoms with Gasteiger partial charge in [0.2, 0.25) is 0 Å². The van der Waals surface area contributed by atoms with E-state index in [-0.39, 0.29) is 0 Å². The summed E-state index contributed by atoms with van der Waals surface area (Å²) in [4.78, 5) is 2.33. The van der Waals surface area contributed by atoms with Gasteiger partial charge in [-0.15, -0.1) is 0 Å². The lowest BCUT2D eigenvalue weighted by atomic mass is 9.98. The van der Waals surface area contributed by atoms with Crippen LogP contribution in [0.3, 0.4) is 0 Å². The standard InChI is InChI=1S/C50H35N3/c1-5-16-36(17-6-1)37-28-32-42(33-29-37)51(39-18-7-2-8-19-39)43-34-30-38(31-35-43)44-25-15-27-47-48(44)49-45-24-13-14-26-46(45)52(40-20-9-3-10-21-40)50(49)53(47)41-22-11-4-12-23-41/h1-35H. The molecule has 0 amide bonds. The molecular weight excluding hydrogens is 643 g/mol. The van der Waals surface area contributed by atoms with Crippen LogP contribution >= 0.6 is 0 Å². The van der Waals surface area contributed by atoms with Crippen molar-refractivity contribution in [2.75, 3.05) is 4.90 Å². The summed E-state index contributed by atoms with van der Waals surface area (Å²) in [5.41, 5.74) is 14.0. The average Bonchev–Trinajstić information content (AvgIpc) is 3.75. The van der Waals surface area contributed by atoms with Gasteiger partial charge in [-0.1, -0.05) is 140 Å². The maximum absolute atomic E-state index is 2.44. The number of fused-ring (bicyclic) bond motifs is 5. The molecule has 0 radical (unpaired) electrons. The first-order valence-electron chi connectivity index (χ1n) is 18.1. The molecule has 0 atom stereocenters. The van der Waals surface area contributed by atoms with E-state index >= 15 is 0 Å². The summed E-state index contributed by atoms with van der Waals surface area (Å²) < 4.78 is 4.86.